The molecule has 28 heavy (non-hydrogen) atoms. The molecule has 4 N–H and O–H groups in total. The summed E-state index contributed by atoms with van der Waals surface area (Å²) in [7, 11) is 0. The van der Waals surface area contributed by atoms with Crippen molar-refractivity contribution < 1.29 is 9.59 Å². The first-order valence-corrected chi connectivity index (χ1v) is 9.00. The molecule has 2 aromatic carbocycles. The van der Waals surface area contributed by atoms with Gasteiger partial charge in [-0.1, -0.05) is 42.5 Å². The molecule has 0 radical (unpaired) electrons. The van der Waals surface area contributed by atoms with Gasteiger partial charge in [-0.05, 0) is 24.6 Å². The van der Waals surface area contributed by atoms with Gasteiger partial charge in [0, 0.05) is 0 Å². The fourth-order valence-electron chi connectivity index (χ4n) is 3.15. The second kappa shape index (κ2) is 7.51. The number of benzene rings is 2. The van der Waals surface area contributed by atoms with Crippen molar-refractivity contribution in [2.45, 2.75) is 25.0 Å². The topological polar surface area (TPSA) is 111 Å². The van der Waals surface area contributed by atoms with E-state index in [2.05, 4.69) is 30.9 Å². The van der Waals surface area contributed by atoms with Crippen molar-refractivity contribution in [1.29, 1.82) is 0 Å². The van der Waals surface area contributed by atoms with Crippen LogP contribution in [0.15, 0.2) is 59.6 Å². The number of fused-ring (bicyclic) bond motifs is 1. The molecule has 0 aliphatic carbocycles. The van der Waals surface area contributed by atoms with Gasteiger partial charge in [-0.25, -0.2) is 4.98 Å². The molecule has 8 heteroatoms. The lowest BCUT2D eigenvalue weighted by Gasteiger charge is -2.20. The van der Waals surface area contributed by atoms with Crippen LogP contribution in [0.2, 0.25) is 0 Å². The van der Waals surface area contributed by atoms with Crippen molar-refractivity contribution >= 4 is 35.1 Å². The number of nitrogens with zero attached hydrogens (tertiary/aromatic N) is 2. The maximum Gasteiger partial charge on any atom is 0.252 e. The van der Waals surface area contributed by atoms with E-state index >= 15 is 0 Å². The number of hydrogen-bond donors (Lipinski definition) is 4. The molecular formula is C20H20N6O2. The smallest absolute Gasteiger partial charge is 0.252 e. The van der Waals surface area contributed by atoms with Crippen LogP contribution in [-0.4, -0.2) is 40.2 Å². The lowest BCUT2D eigenvalue weighted by molar-refractivity contribution is -0.127. The third kappa shape index (κ3) is 3.57. The summed E-state index contributed by atoms with van der Waals surface area (Å²) in [6.45, 7) is 1.89. The Morgan fingerprint density at radius 1 is 1.04 bits per heavy atom. The minimum Gasteiger partial charge on any atom is -0.363 e. The summed E-state index contributed by atoms with van der Waals surface area (Å²) >= 11 is 0. The maximum absolute atomic E-state index is 12.7. The van der Waals surface area contributed by atoms with E-state index in [0.717, 1.165) is 16.6 Å². The molecule has 2 amide bonds. The highest BCUT2D eigenvalue weighted by Crippen LogP contribution is 2.16. The Hall–Kier alpha value is -3.68. The van der Waals surface area contributed by atoms with Gasteiger partial charge in [0.15, 0.2) is 6.04 Å². The molecule has 0 spiro atoms. The molecule has 3 unspecified atom stereocenters. The quantitative estimate of drug-likeness (QED) is 0.543. The molecule has 0 fully saturated rings. The van der Waals surface area contributed by atoms with Gasteiger partial charge in [0.05, 0.1) is 23.4 Å². The van der Waals surface area contributed by atoms with Crippen LogP contribution in [0.5, 0.6) is 0 Å². The number of amides is 2. The minimum atomic E-state index is -0.851. The van der Waals surface area contributed by atoms with Crippen molar-refractivity contribution in [3.8, 4) is 0 Å². The van der Waals surface area contributed by atoms with Gasteiger partial charge in [-0.15, -0.1) is 0 Å². The van der Waals surface area contributed by atoms with E-state index in [-0.39, 0.29) is 17.9 Å². The zero-order valence-corrected chi connectivity index (χ0v) is 15.2. The van der Waals surface area contributed by atoms with E-state index in [1.807, 2.05) is 61.5 Å². The van der Waals surface area contributed by atoms with Crippen molar-refractivity contribution in [2.75, 3.05) is 5.32 Å². The summed E-state index contributed by atoms with van der Waals surface area (Å²) in [5.41, 5.74) is 2.55. The van der Waals surface area contributed by atoms with Crippen LogP contribution in [0.3, 0.4) is 0 Å². The summed E-state index contributed by atoms with van der Waals surface area (Å²) in [5.74, 6) is -0.372. The average molecular weight is 376 g/mol. The summed E-state index contributed by atoms with van der Waals surface area (Å²) in [6, 6.07) is 15.2. The Bertz CT molecular complexity index is 996. The number of anilines is 1. The van der Waals surface area contributed by atoms with Gasteiger partial charge < -0.3 is 15.6 Å². The fourth-order valence-corrected chi connectivity index (χ4v) is 3.15. The van der Waals surface area contributed by atoms with Gasteiger partial charge in [-0.2, -0.15) is 0 Å². The van der Waals surface area contributed by atoms with Gasteiger partial charge in [0.25, 0.3) is 5.91 Å². The zero-order valence-electron chi connectivity index (χ0n) is 15.2. The van der Waals surface area contributed by atoms with Crippen LogP contribution < -0.4 is 16.0 Å². The van der Waals surface area contributed by atoms with Crippen LogP contribution in [0.1, 0.15) is 18.5 Å². The first-order chi connectivity index (χ1) is 13.6. The average Bonchev–Trinajstić information content (AvgIpc) is 3.35. The lowest BCUT2D eigenvalue weighted by atomic mass is 10.1. The van der Waals surface area contributed by atoms with Gasteiger partial charge >= 0.3 is 0 Å². The molecular weight excluding hydrogens is 356 g/mol. The largest absolute Gasteiger partial charge is 0.363 e. The number of rotatable bonds is 5. The van der Waals surface area contributed by atoms with Crippen molar-refractivity contribution in [1.82, 2.24) is 20.6 Å². The molecule has 1 aromatic heterocycles. The maximum atomic E-state index is 12.7. The first-order valence-electron chi connectivity index (χ1n) is 9.00. The molecule has 142 valence electrons. The predicted octanol–water partition coefficient (Wildman–Crippen LogP) is 1.75. The fraction of sp³-hybridized carbons (Fsp3) is 0.200. The SMILES string of the molecule is CC(NC(=O)C1N=CNC1C(=O)Nc1nc2ccccc2[nH]1)c1ccccc1. The number of hydrogen-bond acceptors (Lipinski definition) is 5. The van der Waals surface area contributed by atoms with Crippen molar-refractivity contribution in [3.05, 3.63) is 60.2 Å². The highest BCUT2D eigenvalue weighted by Gasteiger charge is 2.36. The molecule has 1 aliphatic heterocycles. The zero-order chi connectivity index (χ0) is 19.5. The minimum absolute atomic E-state index is 0.191. The standard InChI is InChI=1S/C20H20N6O2/c1-12(13-7-3-2-4-8-13)23-18(27)16-17(22-11-21-16)19(28)26-20-24-14-9-5-6-10-15(14)25-20/h2-12,16-17H,1H3,(H,21,22)(H,23,27)(H2,24,25,26,28). The third-order valence-corrected chi connectivity index (χ3v) is 4.65. The van der Waals surface area contributed by atoms with E-state index in [1.165, 1.54) is 6.34 Å². The van der Waals surface area contributed by atoms with E-state index in [0.29, 0.717) is 5.95 Å². The molecule has 0 saturated heterocycles. The van der Waals surface area contributed by atoms with E-state index in [9.17, 15) is 9.59 Å². The van der Waals surface area contributed by atoms with Crippen molar-refractivity contribution in [3.63, 3.8) is 0 Å². The molecule has 3 atom stereocenters. The Morgan fingerprint density at radius 2 is 1.79 bits per heavy atom. The highest BCUT2D eigenvalue weighted by atomic mass is 16.2. The number of aromatic amines is 1. The van der Waals surface area contributed by atoms with Crippen LogP contribution in [0.25, 0.3) is 11.0 Å². The molecule has 8 nitrogen and oxygen atoms in total. The number of imidazole rings is 1. The molecule has 2 heterocycles. The second-order valence-corrected chi connectivity index (χ2v) is 6.60. The van der Waals surface area contributed by atoms with E-state index < -0.39 is 12.1 Å². The molecule has 0 bridgehead atoms. The van der Waals surface area contributed by atoms with Gasteiger partial charge in [0.1, 0.15) is 6.04 Å². The van der Waals surface area contributed by atoms with Gasteiger partial charge in [-0.3, -0.25) is 19.9 Å². The van der Waals surface area contributed by atoms with E-state index in [4.69, 9.17) is 0 Å². The van der Waals surface area contributed by atoms with Crippen LogP contribution in [0.4, 0.5) is 5.95 Å². The number of carbonyl (C=O) groups is 2. The number of aromatic nitrogens is 2. The number of nitrogens with one attached hydrogen (secondary N) is 4. The van der Waals surface area contributed by atoms with Gasteiger partial charge in [0.2, 0.25) is 11.9 Å². The summed E-state index contributed by atoms with van der Waals surface area (Å²) in [6.07, 6.45) is 1.39. The lowest BCUT2D eigenvalue weighted by Crippen LogP contribution is -2.50. The highest BCUT2D eigenvalue weighted by molar-refractivity contribution is 6.02. The van der Waals surface area contributed by atoms with Crippen LogP contribution in [-0.2, 0) is 9.59 Å². The first kappa shape index (κ1) is 17.7. The number of H-pyrrole nitrogens is 1. The number of carbonyl (C=O) groups excluding carboxylic acids is 2. The molecule has 0 saturated carbocycles. The predicted molar refractivity (Wildman–Crippen MR) is 107 cm³/mol. The Morgan fingerprint density at radius 3 is 2.57 bits per heavy atom. The summed E-state index contributed by atoms with van der Waals surface area (Å²) in [4.78, 5) is 36.8. The third-order valence-electron chi connectivity index (χ3n) is 4.65. The Balaban J connectivity index is 1.42. The van der Waals surface area contributed by atoms with E-state index in [1.54, 1.807) is 0 Å². The number of aliphatic imine (C=N–C) groups is 1. The van der Waals surface area contributed by atoms with Crippen LogP contribution in [0, 0.1) is 0 Å². The van der Waals surface area contributed by atoms with Crippen molar-refractivity contribution in [2.24, 2.45) is 4.99 Å². The second-order valence-electron chi connectivity index (χ2n) is 6.60. The Labute approximate surface area is 161 Å². The molecule has 3 aromatic rings. The number of para-hydroxylation sites is 2. The normalized spacial score (nSPS) is 19.2. The monoisotopic (exact) mass is 376 g/mol. The summed E-state index contributed by atoms with van der Waals surface area (Å²) in [5, 5.41) is 8.48. The Kier molecular flexibility index (Phi) is 4.76. The molecule has 1 aliphatic rings. The van der Waals surface area contributed by atoms with Crippen LogP contribution >= 0.6 is 0 Å². The summed E-state index contributed by atoms with van der Waals surface area (Å²) < 4.78 is 0. The molecule has 4 rings (SSSR count).